The van der Waals surface area contributed by atoms with Gasteiger partial charge in [-0.15, -0.1) is 0 Å². The molecule has 1 amide bonds. The van der Waals surface area contributed by atoms with E-state index in [0.717, 1.165) is 50.6 Å². The Balaban J connectivity index is 1.34. The lowest BCUT2D eigenvalue weighted by Gasteiger charge is -2.34. The van der Waals surface area contributed by atoms with Crippen LogP contribution in [0.3, 0.4) is 0 Å². The molecule has 1 aliphatic heterocycles. The molecule has 9 nitrogen and oxygen atoms in total. The molecular weight excluding hydrogens is 446 g/mol. The fourth-order valence-electron chi connectivity index (χ4n) is 4.73. The number of nitrogens with zero attached hydrogens (tertiary/aromatic N) is 4. The summed E-state index contributed by atoms with van der Waals surface area (Å²) in [5.74, 6) is 0.325. The van der Waals surface area contributed by atoms with Crippen LogP contribution < -0.4 is 15.6 Å². The minimum absolute atomic E-state index is 0.0421. The van der Waals surface area contributed by atoms with E-state index in [1.807, 2.05) is 6.20 Å². The molecule has 2 saturated carbocycles. The van der Waals surface area contributed by atoms with Gasteiger partial charge in [-0.2, -0.15) is 4.98 Å². The molecule has 6 rings (SSSR count). The summed E-state index contributed by atoms with van der Waals surface area (Å²) in [7, 11) is 0. The van der Waals surface area contributed by atoms with Crippen molar-refractivity contribution in [2.75, 3.05) is 11.9 Å². The Labute approximate surface area is 203 Å². The summed E-state index contributed by atoms with van der Waals surface area (Å²) in [6.45, 7) is 4.84. The maximum atomic E-state index is 13.4. The van der Waals surface area contributed by atoms with Crippen LogP contribution in [0.2, 0.25) is 0 Å². The SMILES string of the molecule is CC1CC[C@](C)(c2cn3cc(C(=O)Nc4cccn(C5CC5)c4=O)c(OC4CCC4)nc3n2)CO1. The lowest BCUT2D eigenvalue weighted by Crippen LogP contribution is -2.36. The molecular formula is C26H31N5O4. The Bertz CT molecular complexity index is 1330. The van der Waals surface area contributed by atoms with Gasteiger partial charge < -0.3 is 19.4 Å². The number of carbonyl (C=O) groups excluding carboxylic acids is 1. The van der Waals surface area contributed by atoms with Crippen LogP contribution in [0.25, 0.3) is 5.78 Å². The summed E-state index contributed by atoms with van der Waals surface area (Å²) in [6.07, 6.45) is 12.6. The molecule has 0 aromatic carbocycles. The molecule has 3 aliphatic rings. The molecule has 4 heterocycles. The maximum Gasteiger partial charge on any atom is 0.274 e. The van der Waals surface area contributed by atoms with Crippen LogP contribution in [-0.4, -0.2) is 43.7 Å². The van der Waals surface area contributed by atoms with Gasteiger partial charge in [0, 0.05) is 30.0 Å². The Morgan fingerprint density at radius 1 is 1.20 bits per heavy atom. The van der Waals surface area contributed by atoms with E-state index in [0.29, 0.717) is 12.4 Å². The number of imidazole rings is 1. The van der Waals surface area contributed by atoms with Gasteiger partial charge in [0.15, 0.2) is 0 Å². The van der Waals surface area contributed by atoms with Crippen LogP contribution >= 0.6 is 0 Å². The number of hydrogen-bond acceptors (Lipinski definition) is 6. The van der Waals surface area contributed by atoms with Crippen molar-refractivity contribution in [3.05, 3.63) is 52.3 Å². The molecule has 1 N–H and O–H groups in total. The van der Waals surface area contributed by atoms with E-state index in [1.165, 1.54) is 0 Å². The smallest absolute Gasteiger partial charge is 0.274 e. The number of rotatable bonds is 6. The summed E-state index contributed by atoms with van der Waals surface area (Å²) in [5.41, 5.74) is 1.03. The number of amides is 1. The van der Waals surface area contributed by atoms with Crippen LogP contribution in [0.4, 0.5) is 5.69 Å². The van der Waals surface area contributed by atoms with Crippen molar-refractivity contribution in [1.82, 2.24) is 18.9 Å². The van der Waals surface area contributed by atoms with Crippen LogP contribution in [0.5, 0.6) is 5.88 Å². The van der Waals surface area contributed by atoms with Gasteiger partial charge in [-0.1, -0.05) is 6.92 Å². The largest absolute Gasteiger partial charge is 0.474 e. The predicted molar refractivity (Wildman–Crippen MR) is 130 cm³/mol. The van der Waals surface area contributed by atoms with Gasteiger partial charge in [-0.05, 0) is 64.0 Å². The van der Waals surface area contributed by atoms with E-state index in [4.69, 9.17) is 14.5 Å². The number of carbonyl (C=O) groups is 1. The minimum atomic E-state index is -0.421. The lowest BCUT2D eigenvalue weighted by molar-refractivity contribution is -0.0162. The van der Waals surface area contributed by atoms with Gasteiger partial charge in [0.2, 0.25) is 11.7 Å². The highest BCUT2D eigenvalue weighted by Gasteiger charge is 2.35. The molecule has 0 radical (unpaired) electrons. The standard InChI is InChI=1S/C26H31N5O4/c1-16-10-11-26(2,15-34-16)21-14-30-13-19(23(29-25(30)28-21)35-18-5-3-6-18)22(32)27-20-7-4-12-31(24(20)33)17-8-9-17/h4,7,12-14,16-18H,3,5-6,8-11,15H2,1-2H3,(H,27,32)/t16?,26-/m0/s1. The molecule has 0 spiro atoms. The number of nitrogens with one attached hydrogen (secondary N) is 1. The second-order valence-electron chi connectivity index (χ2n) is 10.5. The van der Waals surface area contributed by atoms with E-state index in [9.17, 15) is 9.59 Å². The normalized spacial score (nSPS) is 24.8. The van der Waals surface area contributed by atoms with Crippen molar-refractivity contribution >= 4 is 17.4 Å². The zero-order valence-electron chi connectivity index (χ0n) is 20.2. The molecule has 3 fully saturated rings. The topological polar surface area (TPSA) is 99.8 Å². The fourth-order valence-corrected chi connectivity index (χ4v) is 4.73. The molecule has 1 saturated heterocycles. The van der Waals surface area contributed by atoms with E-state index in [1.54, 1.807) is 33.5 Å². The number of ether oxygens (including phenoxy) is 2. The van der Waals surface area contributed by atoms with Crippen LogP contribution in [-0.2, 0) is 10.2 Å². The first kappa shape index (κ1) is 22.3. The number of fused-ring (bicyclic) bond motifs is 1. The van der Waals surface area contributed by atoms with Crippen molar-refractivity contribution in [3.63, 3.8) is 0 Å². The molecule has 1 unspecified atom stereocenters. The third kappa shape index (κ3) is 4.22. The highest BCUT2D eigenvalue weighted by molar-refractivity contribution is 6.05. The third-order valence-corrected chi connectivity index (χ3v) is 7.56. The molecule has 9 heteroatoms. The van der Waals surface area contributed by atoms with Gasteiger partial charge in [-0.3, -0.25) is 14.0 Å². The second-order valence-corrected chi connectivity index (χ2v) is 10.5. The second kappa shape index (κ2) is 8.48. The fraction of sp³-hybridized carbons (Fsp3) is 0.538. The van der Waals surface area contributed by atoms with Crippen molar-refractivity contribution in [2.24, 2.45) is 0 Å². The number of aromatic nitrogens is 4. The highest BCUT2D eigenvalue weighted by atomic mass is 16.5. The maximum absolute atomic E-state index is 13.4. The Kier molecular flexibility index (Phi) is 5.40. The van der Waals surface area contributed by atoms with Crippen molar-refractivity contribution in [1.29, 1.82) is 0 Å². The number of pyridine rings is 1. The summed E-state index contributed by atoms with van der Waals surface area (Å²) in [6, 6.07) is 3.66. The Morgan fingerprint density at radius 2 is 2.03 bits per heavy atom. The third-order valence-electron chi connectivity index (χ3n) is 7.56. The summed E-state index contributed by atoms with van der Waals surface area (Å²) in [4.78, 5) is 35.7. The average Bonchev–Trinajstić information content (AvgIpc) is 3.57. The van der Waals surface area contributed by atoms with Gasteiger partial charge in [0.25, 0.3) is 11.5 Å². The quantitative estimate of drug-likeness (QED) is 0.579. The summed E-state index contributed by atoms with van der Waals surface area (Å²) in [5, 5.41) is 2.80. The molecule has 3 aromatic rings. The van der Waals surface area contributed by atoms with Crippen molar-refractivity contribution < 1.29 is 14.3 Å². The van der Waals surface area contributed by atoms with Gasteiger partial charge >= 0.3 is 0 Å². The van der Waals surface area contributed by atoms with E-state index in [-0.39, 0.29) is 46.4 Å². The van der Waals surface area contributed by atoms with Crippen LogP contribution in [0.15, 0.2) is 35.5 Å². The number of anilines is 1. The van der Waals surface area contributed by atoms with E-state index in [2.05, 4.69) is 24.1 Å². The Morgan fingerprint density at radius 3 is 2.71 bits per heavy atom. The van der Waals surface area contributed by atoms with Crippen molar-refractivity contribution in [2.45, 2.75) is 82.5 Å². The van der Waals surface area contributed by atoms with Gasteiger partial charge in [-0.25, -0.2) is 4.98 Å². The number of hydrogen-bond donors (Lipinski definition) is 1. The first-order chi connectivity index (χ1) is 16.9. The molecule has 2 atom stereocenters. The highest BCUT2D eigenvalue weighted by Crippen LogP contribution is 2.35. The average molecular weight is 478 g/mol. The molecule has 35 heavy (non-hydrogen) atoms. The molecule has 3 aromatic heterocycles. The first-order valence-corrected chi connectivity index (χ1v) is 12.6. The summed E-state index contributed by atoms with van der Waals surface area (Å²) < 4.78 is 15.5. The molecule has 184 valence electrons. The van der Waals surface area contributed by atoms with Gasteiger partial charge in [0.1, 0.15) is 17.4 Å². The van der Waals surface area contributed by atoms with Crippen LogP contribution in [0, 0.1) is 0 Å². The zero-order chi connectivity index (χ0) is 24.2. The predicted octanol–water partition coefficient (Wildman–Crippen LogP) is 3.87. The minimum Gasteiger partial charge on any atom is -0.474 e. The first-order valence-electron chi connectivity index (χ1n) is 12.6. The van der Waals surface area contributed by atoms with E-state index < -0.39 is 5.91 Å². The van der Waals surface area contributed by atoms with Crippen molar-refractivity contribution in [3.8, 4) is 5.88 Å². The lowest BCUT2D eigenvalue weighted by atomic mass is 9.81. The molecule has 0 bridgehead atoms. The Hall–Kier alpha value is -3.20. The van der Waals surface area contributed by atoms with Gasteiger partial charge in [0.05, 0.1) is 18.4 Å². The monoisotopic (exact) mass is 477 g/mol. The summed E-state index contributed by atoms with van der Waals surface area (Å²) >= 11 is 0. The zero-order valence-corrected chi connectivity index (χ0v) is 20.2. The van der Waals surface area contributed by atoms with E-state index >= 15 is 0 Å². The molecule has 2 aliphatic carbocycles. The van der Waals surface area contributed by atoms with Crippen LogP contribution in [0.1, 0.15) is 80.9 Å².